The lowest BCUT2D eigenvalue weighted by atomic mass is 9.54. The number of rotatable bonds is 7. The summed E-state index contributed by atoms with van der Waals surface area (Å²) in [5.41, 5.74) is -2.30. The third-order valence-electron chi connectivity index (χ3n) is 9.82. The quantitative estimate of drug-likeness (QED) is 0.267. The van der Waals surface area contributed by atoms with Crippen molar-refractivity contribution in [1.29, 1.82) is 0 Å². The summed E-state index contributed by atoms with van der Waals surface area (Å²) in [6, 6.07) is 17.2. The van der Waals surface area contributed by atoms with E-state index in [4.69, 9.17) is 14.2 Å². The van der Waals surface area contributed by atoms with E-state index in [1.54, 1.807) is 61.5 Å². The van der Waals surface area contributed by atoms with Gasteiger partial charge in [-0.15, -0.1) is 0 Å². The van der Waals surface area contributed by atoms with Gasteiger partial charge in [0.05, 0.1) is 35.4 Å². The van der Waals surface area contributed by atoms with Crippen molar-refractivity contribution in [2.75, 3.05) is 6.61 Å². The predicted molar refractivity (Wildman–Crippen MR) is 162 cm³/mol. The van der Waals surface area contributed by atoms with Gasteiger partial charge in [0, 0.05) is 31.1 Å². The number of esters is 2. The minimum atomic E-state index is -1.87. The van der Waals surface area contributed by atoms with Gasteiger partial charge in [-0.2, -0.15) is 0 Å². The Morgan fingerprint density at radius 3 is 2.22 bits per heavy atom. The van der Waals surface area contributed by atoms with E-state index in [2.05, 4.69) is 0 Å². The van der Waals surface area contributed by atoms with E-state index < -0.39 is 71.3 Å². The van der Waals surface area contributed by atoms with Crippen LogP contribution in [0, 0.1) is 17.3 Å². The Kier molecular flexibility index (Phi) is 9.35. The highest BCUT2D eigenvalue weighted by atomic mass is 16.6. The predicted octanol–water partition coefficient (Wildman–Crippen LogP) is 2.55. The van der Waals surface area contributed by atoms with Crippen LogP contribution in [0.1, 0.15) is 56.5 Å². The van der Waals surface area contributed by atoms with Gasteiger partial charge >= 0.3 is 11.9 Å². The van der Waals surface area contributed by atoms with Crippen molar-refractivity contribution < 1.29 is 49.0 Å². The molecule has 5 rings (SSSR count). The molecule has 0 aromatic heterocycles. The standard InChI is InChI=1S/C35H42O10/c1-19-24(44-33(41)23(36)15-20-11-7-5-8-12-20)16-26(45-32(40)21-13-9-6-10-14-21)29-22-18-43-25(22)17-27(37)35(29,4)31(39)30(38)28(19)34(2,3)42/h5-14,22-27,29-30,36-38,42H,15-18H2,1-4H3/b28-19-/t22-,23-,24+,25-,26-,27+,29+,30-,35-/m1/s1. The van der Waals surface area contributed by atoms with E-state index >= 15 is 0 Å². The van der Waals surface area contributed by atoms with E-state index in [-0.39, 0.29) is 48.5 Å². The Hall–Kier alpha value is -3.41. The molecule has 0 amide bonds. The molecule has 2 aliphatic carbocycles. The van der Waals surface area contributed by atoms with Gasteiger partial charge in [0.1, 0.15) is 18.3 Å². The highest BCUT2D eigenvalue weighted by Crippen LogP contribution is 2.54. The van der Waals surface area contributed by atoms with E-state index in [0.29, 0.717) is 5.56 Å². The molecular formula is C35H42O10. The Bertz CT molecular complexity index is 1430. The average Bonchev–Trinajstić information content (AvgIpc) is 3.01. The van der Waals surface area contributed by atoms with Gasteiger partial charge in [-0.1, -0.05) is 48.5 Å². The zero-order chi connectivity index (χ0) is 32.7. The van der Waals surface area contributed by atoms with Gasteiger partial charge in [-0.3, -0.25) is 4.79 Å². The smallest absolute Gasteiger partial charge is 0.338 e. The number of benzene rings is 2. The third kappa shape index (κ3) is 6.35. The van der Waals surface area contributed by atoms with Crippen LogP contribution >= 0.6 is 0 Å². The fraction of sp³-hybridized carbons (Fsp3) is 0.514. The number of Topliss-reactive ketones (excluding diaryl/α,β-unsaturated/α-hetero) is 1. The summed E-state index contributed by atoms with van der Waals surface area (Å²) < 4.78 is 17.8. The van der Waals surface area contributed by atoms with Crippen molar-refractivity contribution >= 4 is 17.7 Å². The monoisotopic (exact) mass is 622 g/mol. The van der Waals surface area contributed by atoms with Gasteiger partial charge in [-0.05, 0) is 56.5 Å². The number of fused-ring (bicyclic) bond motifs is 3. The molecule has 0 radical (unpaired) electrons. The first-order valence-electron chi connectivity index (χ1n) is 15.4. The minimum absolute atomic E-state index is 0.0188. The molecule has 10 nitrogen and oxygen atoms in total. The number of aliphatic hydroxyl groups is 4. The van der Waals surface area contributed by atoms with Crippen LogP contribution in [0.4, 0.5) is 0 Å². The van der Waals surface area contributed by atoms with Crippen LogP contribution in [-0.4, -0.2) is 87.0 Å². The summed E-state index contributed by atoms with van der Waals surface area (Å²) in [5, 5.41) is 45.2. The van der Waals surface area contributed by atoms with Crippen LogP contribution < -0.4 is 0 Å². The number of ether oxygens (including phenoxy) is 3. The summed E-state index contributed by atoms with van der Waals surface area (Å²) >= 11 is 0. The van der Waals surface area contributed by atoms with E-state index in [0.717, 1.165) is 0 Å². The molecule has 2 aromatic carbocycles. The summed E-state index contributed by atoms with van der Waals surface area (Å²) in [4.78, 5) is 41.2. The lowest BCUT2D eigenvalue weighted by Gasteiger charge is -2.57. The highest BCUT2D eigenvalue weighted by molar-refractivity contribution is 5.93. The second kappa shape index (κ2) is 12.8. The molecule has 3 aliphatic rings. The molecule has 1 aliphatic heterocycles. The van der Waals surface area contributed by atoms with Crippen LogP contribution in [0.5, 0.6) is 0 Å². The number of ketones is 1. The maximum Gasteiger partial charge on any atom is 0.338 e. The first kappa shape index (κ1) is 33.0. The molecular weight excluding hydrogens is 580 g/mol. The molecule has 0 spiro atoms. The maximum atomic E-state index is 14.4. The largest absolute Gasteiger partial charge is 0.458 e. The fourth-order valence-electron chi connectivity index (χ4n) is 7.39. The van der Waals surface area contributed by atoms with E-state index in [1.807, 2.05) is 6.07 Å². The van der Waals surface area contributed by atoms with Crippen LogP contribution in [0.2, 0.25) is 0 Å². The Morgan fingerprint density at radius 2 is 1.64 bits per heavy atom. The van der Waals surface area contributed by atoms with Crippen molar-refractivity contribution in [3.05, 3.63) is 82.9 Å². The number of hydrogen-bond donors (Lipinski definition) is 4. The number of hydrogen-bond acceptors (Lipinski definition) is 10. The van der Waals surface area contributed by atoms with Gasteiger partial charge < -0.3 is 34.6 Å². The topological polar surface area (TPSA) is 160 Å². The molecule has 242 valence electrons. The second-order valence-corrected chi connectivity index (χ2v) is 13.2. The van der Waals surface area contributed by atoms with Crippen molar-refractivity contribution in [3.8, 4) is 0 Å². The van der Waals surface area contributed by atoms with Crippen molar-refractivity contribution in [2.45, 2.75) is 89.2 Å². The minimum Gasteiger partial charge on any atom is -0.458 e. The molecule has 0 unspecified atom stereocenters. The van der Waals surface area contributed by atoms with Crippen molar-refractivity contribution in [1.82, 2.24) is 0 Å². The van der Waals surface area contributed by atoms with Crippen molar-refractivity contribution in [3.63, 3.8) is 0 Å². The van der Waals surface area contributed by atoms with E-state index in [9.17, 15) is 34.8 Å². The molecule has 2 fully saturated rings. The molecule has 1 saturated heterocycles. The first-order valence-corrected chi connectivity index (χ1v) is 15.4. The van der Waals surface area contributed by atoms with E-state index in [1.165, 1.54) is 20.8 Å². The summed E-state index contributed by atoms with van der Waals surface area (Å²) in [5.74, 6) is -3.52. The van der Waals surface area contributed by atoms with Crippen LogP contribution in [0.3, 0.4) is 0 Å². The lowest BCUT2D eigenvalue weighted by molar-refractivity contribution is -0.242. The number of carbonyl (C=O) groups is 3. The Labute approximate surface area is 262 Å². The maximum absolute atomic E-state index is 14.4. The Balaban J connectivity index is 1.60. The van der Waals surface area contributed by atoms with Crippen molar-refractivity contribution in [2.24, 2.45) is 17.3 Å². The van der Waals surface area contributed by atoms with Gasteiger partial charge in [0.15, 0.2) is 11.9 Å². The molecule has 9 atom stereocenters. The number of carbonyl (C=O) groups excluding carboxylic acids is 3. The molecule has 10 heteroatoms. The summed E-state index contributed by atoms with van der Waals surface area (Å²) in [6.45, 7) is 6.14. The molecule has 1 saturated carbocycles. The SMILES string of the molecule is C/C1=C(/C(C)(C)O)[C@@H](O)C(=O)[C@@]2(C)[C@@H]([C@@H]3CO[C@@H]3C[C@@H]2O)[C@H](OC(=O)c2ccccc2)C[C@@H]1OC(=O)[C@H](O)Cc1ccccc1. The van der Waals surface area contributed by atoms with Gasteiger partial charge in [-0.25, -0.2) is 9.59 Å². The summed E-state index contributed by atoms with van der Waals surface area (Å²) in [7, 11) is 0. The highest BCUT2D eigenvalue weighted by Gasteiger charge is 2.64. The molecule has 1 heterocycles. The lowest BCUT2D eigenvalue weighted by Crippen LogP contribution is -2.66. The van der Waals surface area contributed by atoms with Gasteiger partial charge in [0.25, 0.3) is 0 Å². The zero-order valence-corrected chi connectivity index (χ0v) is 26.0. The molecule has 2 aromatic rings. The number of aliphatic hydroxyl groups excluding tert-OH is 3. The first-order chi connectivity index (χ1) is 21.2. The third-order valence-corrected chi connectivity index (χ3v) is 9.82. The molecule has 45 heavy (non-hydrogen) atoms. The Morgan fingerprint density at radius 1 is 1.02 bits per heavy atom. The molecule has 0 bridgehead atoms. The van der Waals surface area contributed by atoms with Crippen LogP contribution in [0.25, 0.3) is 0 Å². The van der Waals surface area contributed by atoms with Crippen LogP contribution in [-0.2, 0) is 30.2 Å². The second-order valence-electron chi connectivity index (χ2n) is 13.2. The average molecular weight is 623 g/mol. The van der Waals surface area contributed by atoms with Gasteiger partial charge in [0.2, 0.25) is 0 Å². The van der Waals surface area contributed by atoms with Crippen LogP contribution in [0.15, 0.2) is 71.8 Å². The summed E-state index contributed by atoms with van der Waals surface area (Å²) in [6.07, 6.45) is -7.44. The fourth-order valence-corrected chi connectivity index (χ4v) is 7.39. The zero-order valence-electron chi connectivity index (χ0n) is 26.0. The normalized spacial score (nSPS) is 34.1. The molecule has 4 N–H and O–H groups in total.